The molecule has 0 unspecified atom stereocenters. The summed E-state index contributed by atoms with van der Waals surface area (Å²) in [6.45, 7) is 3.69. The third-order valence-electron chi connectivity index (χ3n) is 3.64. The summed E-state index contributed by atoms with van der Waals surface area (Å²) in [5.41, 5.74) is 0.0737. The fraction of sp³-hybridized carbons (Fsp3) is 0.462. The van der Waals surface area contributed by atoms with Crippen molar-refractivity contribution in [2.24, 2.45) is 11.3 Å². The molecule has 2 rings (SSSR count). The van der Waals surface area contributed by atoms with Crippen molar-refractivity contribution in [3.63, 3.8) is 0 Å². The standard InChI is InChI=1S/C13H15FO3/c1-13(2)10(11(13)12(15)16)8-5-4-7(17-3)6-9(8)14/h4-6,10-11H,1-3H3,(H,15,16)/t10-,11+/m1/s1. The minimum absolute atomic E-state index is 0.258. The molecule has 1 aliphatic carbocycles. The van der Waals surface area contributed by atoms with Gasteiger partial charge in [0, 0.05) is 12.0 Å². The smallest absolute Gasteiger partial charge is 0.307 e. The largest absolute Gasteiger partial charge is 0.497 e. The molecule has 1 fully saturated rings. The van der Waals surface area contributed by atoms with Crippen molar-refractivity contribution in [3.05, 3.63) is 29.6 Å². The maximum Gasteiger partial charge on any atom is 0.307 e. The van der Waals surface area contributed by atoms with Crippen LogP contribution in [-0.2, 0) is 4.79 Å². The second-order valence-corrected chi connectivity index (χ2v) is 5.00. The van der Waals surface area contributed by atoms with Gasteiger partial charge in [-0.05, 0) is 17.0 Å². The molecule has 0 aliphatic heterocycles. The number of hydrogen-bond acceptors (Lipinski definition) is 2. The van der Waals surface area contributed by atoms with Crippen molar-refractivity contribution in [3.8, 4) is 5.75 Å². The average molecular weight is 238 g/mol. The Hall–Kier alpha value is -1.58. The third kappa shape index (κ3) is 1.77. The van der Waals surface area contributed by atoms with Crippen LogP contribution >= 0.6 is 0 Å². The van der Waals surface area contributed by atoms with Gasteiger partial charge in [0.1, 0.15) is 11.6 Å². The number of carboxylic acid groups (broad SMARTS) is 1. The Labute approximate surface area is 99.2 Å². The van der Waals surface area contributed by atoms with Gasteiger partial charge in [-0.1, -0.05) is 19.9 Å². The van der Waals surface area contributed by atoms with E-state index in [0.717, 1.165) is 0 Å². The quantitative estimate of drug-likeness (QED) is 0.880. The van der Waals surface area contributed by atoms with Crippen molar-refractivity contribution in [1.82, 2.24) is 0 Å². The van der Waals surface area contributed by atoms with Gasteiger partial charge >= 0.3 is 5.97 Å². The van der Waals surface area contributed by atoms with Crippen LogP contribution in [0.4, 0.5) is 4.39 Å². The molecule has 1 saturated carbocycles. The number of hydrogen-bond donors (Lipinski definition) is 1. The van der Waals surface area contributed by atoms with Crippen molar-refractivity contribution in [2.45, 2.75) is 19.8 Å². The van der Waals surface area contributed by atoms with Crippen molar-refractivity contribution < 1.29 is 19.0 Å². The predicted octanol–water partition coefficient (Wildman–Crippen LogP) is 2.66. The van der Waals surface area contributed by atoms with E-state index in [4.69, 9.17) is 9.84 Å². The van der Waals surface area contributed by atoms with E-state index in [1.807, 2.05) is 13.8 Å². The highest BCUT2D eigenvalue weighted by Crippen LogP contribution is 2.64. The second kappa shape index (κ2) is 3.72. The van der Waals surface area contributed by atoms with E-state index >= 15 is 0 Å². The number of aliphatic carboxylic acids is 1. The number of methoxy groups -OCH3 is 1. The third-order valence-corrected chi connectivity index (χ3v) is 3.64. The molecule has 1 aliphatic rings. The molecule has 1 aromatic carbocycles. The lowest BCUT2D eigenvalue weighted by Gasteiger charge is -2.06. The number of ether oxygens (including phenoxy) is 1. The van der Waals surface area contributed by atoms with Gasteiger partial charge < -0.3 is 9.84 Å². The van der Waals surface area contributed by atoms with E-state index in [1.54, 1.807) is 12.1 Å². The lowest BCUT2D eigenvalue weighted by Crippen LogP contribution is -2.03. The van der Waals surface area contributed by atoms with Gasteiger partial charge in [0.05, 0.1) is 13.0 Å². The van der Waals surface area contributed by atoms with Gasteiger partial charge in [0.25, 0.3) is 0 Å². The van der Waals surface area contributed by atoms with Gasteiger partial charge in [-0.3, -0.25) is 4.79 Å². The molecule has 0 radical (unpaired) electrons. The molecule has 3 nitrogen and oxygen atoms in total. The van der Waals surface area contributed by atoms with Crippen LogP contribution in [0.15, 0.2) is 18.2 Å². The first kappa shape index (κ1) is 11.9. The topological polar surface area (TPSA) is 46.5 Å². The molecule has 1 aromatic rings. The van der Waals surface area contributed by atoms with E-state index in [1.165, 1.54) is 13.2 Å². The fourth-order valence-corrected chi connectivity index (χ4v) is 2.57. The Bertz CT molecular complexity index is 468. The highest BCUT2D eigenvalue weighted by Gasteiger charge is 2.63. The monoisotopic (exact) mass is 238 g/mol. The van der Waals surface area contributed by atoms with Crippen LogP contribution in [0, 0.1) is 17.2 Å². The summed E-state index contributed by atoms with van der Waals surface area (Å²) < 4.78 is 18.8. The minimum atomic E-state index is -0.866. The summed E-state index contributed by atoms with van der Waals surface area (Å²) in [7, 11) is 1.47. The van der Waals surface area contributed by atoms with Crippen LogP contribution in [0.5, 0.6) is 5.75 Å². The summed E-state index contributed by atoms with van der Waals surface area (Å²) in [6, 6.07) is 4.57. The molecular formula is C13H15FO3. The highest BCUT2D eigenvalue weighted by molar-refractivity contribution is 5.77. The summed E-state index contributed by atoms with van der Waals surface area (Å²) in [5, 5.41) is 9.07. The van der Waals surface area contributed by atoms with Gasteiger partial charge in [-0.2, -0.15) is 0 Å². The summed E-state index contributed by atoms with van der Waals surface area (Å²) in [6.07, 6.45) is 0. The van der Waals surface area contributed by atoms with Crippen molar-refractivity contribution in [2.75, 3.05) is 7.11 Å². The first-order valence-corrected chi connectivity index (χ1v) is 5.46. The van der Waals surface area contributed by atoms with Crippen LogP contribution in [-0.4, -0.2) is 18.2 Å². The Morgan fingerprint density at radius 1 is 1.47 bits per heavy atom. The summed E-state index contributed by atoms with van der Waals surface area (Å²) in [4.78, 5) is 11.0. The molecule has 0 saturated heterocycles. The number of rotatable bonds is 3. The lowest BCUT2D eigenvalue weighted by molar-refractivity contribution is -0.139. The van der Waals surface area contributed by atoms with Crippen LogP contribution < -0.4 is 4.74 Å². The zero-order chi connectivity index (χ0) is 12.8. The number of benzene rings is 1. The van der Waals surface area contributed by atoms with Crippen molar-refractivity contribution >= 4 is 5.97 Å². The Morgan fingerprint density at radius 2 is 2.12 bits per heavy atom. The Morgan fingerprint density at radius 3 is 2.53 bits per heavy atom. The average Bonchev–Trinajstić information content (AvgIpc) is 2.81. The minimum Gasteiger partial charge on any atom is -0.497 e. The van der Waals surface area contributed by atoms with Crippen molar-refractivity contribution in [1.29, 1.82) is 0 Å². The first-order valence-electron chi connectivity index (χ1n) is 5.46. The first-order chi connectivity index (χ1) is 7.89. The fourth-order valence-electron chi connectivity index (χ4n) is 2.57. The zero-order valence-electron chi connectivity index (χ0n) is 10.0. The molecule has 0 heterocycles. The predicted molar refractivity (Wildman–Crippen MR) is 60.6 cm³/mol. The number of halogens is 1. The van der Waals surface area contributed by atoms with Crippen LogP contribution in [0.25, 0.3) is 0 Å². The molecule has 2 atom stereocenters. The van der Waals surface area contributed by atoms with E-state index in [-0.39, 0.29) is 11.3 Å². The van der Waals surface area contributed by atoms with Crippen LogP contribution in [0.1, 0.15) is 25.3 Å². The van der Waals surface area contributed by atoms with E-state index in [0.29, 0.717) is 11.3 Å². The van der Waals surface area contributed by atoms with E-state index < -0.39 is 17.7 Å². The second-order valence-electron chi connectivity index (χ2n) is 5.00. The summed E-state index contributed by atoms with van der Waals surface area (Å²) in [5.74, 6) is -1.59. The molecule has 0 aromatic heterocycles. The molecule has 0 amide bonds. The summed E-state index contributed by atoms with van der Waals surface area (Å²) >= 11 is 0. The lowest BCUT2D eigenvalue weighted by atomic mass is 10.0. The molecule has 17 heavy (non-hydrogen) atoms. The highest BCUT2D eigenvalue weighted by atomic mass is 19.1. The molecule has 0 bridgehead atoms. The number of carboxylic acids is 1. The molecule has 0 spiro atoms. The van der Waals surface area contributed by atoms with Crippen LogP contribution in [0.2, 0.25) is 0 Å². The van der Waals surface area contributed by atoms with Crippen LogP contribution in [0.3, 0.4) is 0 Å². The Balaban J connectivity index is 2.34. The normalized spacial score (nSPS) is 25.4. The SMILES string of the molecule is COc1ccc([C@@H]2[C@@H](C(=O)O)C2(C)C)c(F)c1. The molecule has 4 heteroatoms. The number of carbonyl (C=O) groups is 1. The maximum absolute atomic E-state index is 13.8. The van der Waals surface area contributed by atoms with Gasteiger partial charge in [0.2, 0.25) is 0 Å². The molecule has 1 N–H and O–H groups in total. The maximum atomic E-state index is 13.8. The van der Waals surface area contributed by atoms with E-state index in [9.17, 15) is 9.18 Å². The Kier molecular flexibility index (Phi) is 2.60. The molecule has 92 valence electrons. The molecular weight excluding hydrogens is 223 g/mol. The van der Waals surface area contributed by atoms with Gasteiger partial charge in [-0.15, -0.1) is 0 Å². The zero-order valence-corrected chi connectivity index (χ0v) is 10.0. The van der Waals surface area contributed by atoms with E-state index in [2.05, 4.69) is 0 Å². The van der Waals surface area contributed by atoms with Gasteiger partial charge in [0.15, 0.2) is 0 Å². The van der Waals surface area contributed by atoms with Gasteiger partial charge in [-0.25, -0.2) is 4.39 Å².